The SMILES string of the molecule is Cc1ccc(NC(=O)CN(C)CC(O)CN2CCC(C)CC2)nc1. The van der Waals surface area contributed by atoms with E-state index in [2.05, 4.69) is 22.1 Å². The van der Waals surface area contributed by atoms with E-state index < -0.39 is 6.10 Å². The summed E-state index contributed by atoms with van der Waals surface area (Å²) in [5.41, 5.74) is 1.06. The number of nitrogens with one attached hydrogen (secondary N) is 1. The van der Waals surface area contributed by atoms with Crippen molar-refractivity contribution in [2.75, 3.05) is 45.1 Å². The van der Waals surface area contributed by atoms with Crippen molar-refractivity contribution in [2.45, 2.75) is 32.8 Å². The molecule has 1 atom stereocenters. The first-order chi connectivity index (χ1) is 11.4. The molecular formula is C18H30N4O2. The summed E-state index contributed by atoms with van der Waals surface area (Å²) in [6.07, 6.45) is 3.69. The van der Waals surface area contributed by atoms with Gasteiger partial charge in [-0.2, -0.15) is 0 Å². The van der Waals surface area contributed by atoms with E-state index in [0.29, 0.717) is 18.9 Å². The maximum absolute atomic E-state index is 12.0. The number of amides is 1. The second kappa shape index (κ2) is 9.11. The van der Waals surface area contributed by atoms with Gasteiger partial charge in [-0.1, -0.05) is 13.0 Å². The highest BCUT2D eigenvalue weighted by atomic mass is 16.3. The monoisotopic (exact) mass is 334 g/mol. The number of rotatable bonds is 7. The lowest BCUT2D eigenvalue weighted by Crippen LogP contribution is -2.43. The zero-order valence-electron chi connectivity index (χ0n) is 15.0. The van der Waals surface area contributed by atoms with Gasteiger partial charge in [0, 0.05) is 19.3 Å². The normalized spacial score (nSPS) is 17.9. The highest BCUT2D eigenvalue weighted by molar-refractivity contribution is 5.91. The number of hydrogen-bond acceptors (Lipinski definition) is 5. The van der Waals surface area contributed by atoms with Crippen LogP contribution in [0.5, 0.6) is 0 Å². The lowest BCUT2D eigenvalue weighted by molar-refractivity contribution is -0.117. The molecule has 134 valence electrons. The molecule has 0 aliphatic carbocycles. The first kappa shape index (κ1) is 18.8. The fourth-order valence-electron chi connectivity index (χ4n) is 2.99. The molecule has 6 heteroatoms. The number of aliphatic hydroxyl groups is 1. The van der Waals surface area contributed by atoms with Crippen LogP contribution in [0, 0.1) is 12.8 Å². The van der Waals surface area contributed by atoms with Gasteiger partial charge in [0.1, 0.15) is 5.82 Å². The van der Waals surface area contributed by atoms with Crippen molar-refractivity contribution in [3.63, 3.8) is 0 Å². The van der Waals surface area contributed by atoms with Crippen molar-refractivity contribution in [3.05, 3.63) is 23.9 Å². The van der Waals surface area contributed by atoms with Crippen molar-refractivity contribution in [1.29, 1.82) is 0 Å². The zero-order chi connectivity index (χ0) is 17.5. The van der Waals surface area contributed by atoms with E-state index in [4.69, 9.17) is 0 Å². The molecule has 0 radical (unpaired) electrons. The molecule has 2 rings (SSSR count). The second-order valence-corrected chi connectivity index (χ2v) is 7.10. The molecule has 0 saturated carbocycles. The zero-order valence-corrected chi connectivity index (χ0v) is 15.0. The smallest absolute Gasteiger partial charge is 0.239 e. The van der Waals surface area contributed by atoms with Gasteiger partial charge in [-0.3, -0.25) is 9.69 Å². The summed E-state index contributed by atoms with van der Waals surface area (Å²) in [6, 6.07) is 3.70. The van der Waals surface area contributed by atoms with Crippen LogP contribution in [-0.2, 0) is 4.79 Å². The first-order valence-corrected chi connectivity index (χ1v) is 8.74. The van der Waals surface area contributed by atoms with Crippen LogP contribution >= 0.6 is 0 Å². The number of anilines is 1. The number of likely N-dealkylation sites (N-methyl/N-ethyl adjacent to an activating group) is 1. The van der Waals surface area contributed by atoms with E-state index in [0.717, 1.165) is 24.6 Å². The van der Waals surface area contributed by atoms with Crippen molar-refractivity contribution in [2.24, 2.45) is 5.92 Å². The van der Waals surface area contributed by atoms with Crippen molar-refractivity contribution in [1.82, 2.24) is 14.8 Å². The Bertz CT molecular complexity index is 512. The minimum absolute atomic E-state index is 0.118. The number of aryl methyl sites for hydroxylation is 1. The Labute approximate surface area is 144 Å². The molecule has 1 aromatic heterocycles. The minimum atomic E-state index is -0.436. The number of aromatic nitrogens is 1. The first-order valence-electron chi connectivity index (χ1n) is 8.74. The van der Waals surface area contributed by atoms with E-state index >= 15 is 0 Å². The van der Waals surface area contributed by atoms with E-state index in [1.165, 1.54) is 12.8 Å². The van der Waals surface area contributed by atoms with Crippen LogP contribution < -0.4 is 5.32 Å². The number of aliphatic hydroxyl groups excluding tert-OH is 1. The van der Waals surface area contributed by atoms with E-state index in [9.17, 15) is 9.90 Å². The van der Waals surface area contributed by atoms with E-state index in [-0.39, 0.29) is 12.5 Å². The molecule has 1 aliphatic rings. The minimum Gasteiger partial charge on any atom is -0.390 e. The molecule has 6 nitrogen and oxygen atoms in total. The van der Waals surface area contributed by atoms with Crippen molar-refractivity contribution >= 4 is 11.7 Å². The molecule has 2 heterocycles. The van der Waals surface area contributed by atoms with Gasteiger partial charge in [0.2, 0.25) is 5.91 Å². The highest BCUT2D eigenvalue weighted by Crippen LogP contribution is 2.16. The van der Waals surface area contributed by atoms with Gasteiger partial charge in [0.25, 0.3) is 0 Å². The number of β-amino-alcohol motifs (C(OH)–C–C–N with tert-alkyl or cyclic N) is 1. The summed E-state index contributed by atoms with van der Waals surface area (Å²) in [5, 5.41) is 13.0. The van der Waals surface area contributed by atoms with Crippen LogP contribution in [0.1, 0.15) is 25.3 Å². The number of carbonyl (C=O) groups excluding carboxylic acids is 1. The fourth-order valence-corrected chi connectivity index (χ4v) is 2.99. The molecule has 1 saturated heterocycles. The number of carbonyl (C=O) groups is 1. The van der Waals surface area contributed by atoms with Gasteiger partial charge < -0.3 is 15.3 Å². The van der Waals surface area contributed by atoms with Crippen LogP contribution in [0.15, 0.2) is 18.3 Å². The second-order valence-electron chi connectivity index (χ2n) is 7.10. The summed E-state index contributed by atoms with van der Waals surface area (Å²) in [7, 11) is 1.85. The molecular weight excluding hydrogens is 304 g/mol. The summed E-state index contributed by atoms with van der Waals surface area (Å²) >= 11 is 0. The topological polar surface area (TPSA) is 68.7 Å². The number of piperidine rings is 1. The van der Waals surface area contributed by atoms with Crippen LogP contribution in [-0.4, -0.2) is 71.7 Å². The van der Waals surface area contributed by atoms with E-state index in [1.54, 1.807) is 12.3 Å². The lowest BCUT2D eigenvalue weighted by atomic mass is 9.99. The summed E-state index contributed by atoms with van der Waals surface area (Å²) in [4.78, 5) is 20.4. The molecule has 1 aliphatic heterocycles. The number of hydrogen-bond donors (Lipinski definition) is 2. The summed E-state index contributed by atoms with van der Waals surface area (Å²) < 4.78 is 0. The van der Waals surface area contributed by atoms with Gasteiger partial charge in [-0.15, -0.1) is 0 Å². The van der Waals surface area contributed by atoms with Crippen molar-refractivity contribution in [3.8, 4) is 0 Å². The standard InChI is InChI=1S/C18H30N4O2/c1-14-6-8-22(9-7-14)12-16(23)11-21(3)13-18(24)20-17-5-4-15(2)10-19-17/h4-5,10,14,16,23H,6-9,11-13H2,1-3H3,(H,19,20,24). The molecule has 2 N–H and O–H groups in total. The van der Waals surface area contributed by atoms with Gasteiger partial charge in [-0.25, -0.2) is 4.98 Å². The molecule has 0 aromatic carbocycles. The summed E-state index contributed by atoms with van der Waals surface area (Å²) in [6.45, 7) is 7.76. The van der Waals surface area contributed by atoms with Gasteiger partial charge in [-0.05, 0) is 57.5 Å². The van der Waals surface area contributed by atoms with Crippen LogP contribution in [0.2, 0.25) is 0 Å². The number of pyridine rings is 1. The Hall–Kier alpha value is -1.50. The fraction of sp³-hybridized carbons (Fsp3) is 0.667. The predicted molar refractivity (Wildman–Crippen MR) is 95.9 cm³/mol. The number of likely N-dealkylation sites (tertiary alicyclic amines) is 1. The molecule has 24 heavy (non-hydrogen) atoms. The quantitative estimate of drug-likeness (QED) is 0.788. The van der Waals surface area contributed by atoms with Crippen molar-refractivity contribution < 1.29 is 9.90 Å². The number of nitrogens with zero attached hydrogens (tertiary/aromatic N) is 3. The molecule has 0 spiro atoms. The van der Waals surface area contributed by atoms with Gasteiger partial charge >= 0.3 is 0 Å². The average Bonchev–Trinajstić information content (AvgIpc) is 2.51. The third-order valence-electron chi connectivity index (χ3n) is 4.46. The third kappa shape index (κ3) is 6.55. The van der Waals surface area contributed by atoms with Gasteiger partial charge in [0.05, 0.1) is 12.6 Å². The maximum atomic E-state index is 12.0. The Balaban J connectivity index is 1.68. The average molecular weight is 334 g/mol. The maximum Gasteiger partial charge on any atom is 0.239 e. The molecule has 1 amide bonds. The van der Waals surface area contributed by atoms with E-state index in [1.807, 2.05) is 24.9 Å². The van der Waals surface area contributed by atoms with Crippen LogP contribution in [0.4, 0.5) is 5.82 Å². The summed E-state index contributed by atoms with van der Waals surface area (Å²) in [5.74, 6) is 1.23. The Kier molecular flexibility index (Phi) is 7.15. The molecule has 1 aromatic rings. The lowest BCUT2D eigenvalue weighted by Gasteiger charge is -2.32. The Morgan fingerprint density at radius 3 is 2.79 bits per heavy atom. The molecule has 0 bridgehead atoms. The highest BCUT2D eigenvalue weighted by Gasteiger charge is 2.19. The Morgan fingerprint density at radius 1 is 1.46 bits per heavy atom. The largest absolute Gasteiger partial charge is 0.390 e. The van der Waals surface area contributed by atoms with Crippen LogP contribution in [0.3, 0.4) is 0 Å². The predicted octanol–water partition coefficient (Wildman–Crippen LogP) is 1.35. The van der Waals surface area contributed by atoms with Gasteiger partial charge in [0.15, 0.2) is 0 Å². The molecule has 1 unspecified atom stereocenters. The molecule has 1 fully saturated rings. The Morgan fingerprint density at radius 2 is 2.17 bits per heavy atom. The van der Waals surface area contributed by atoms with Crippen LogP contribution in [0.25, 0.3) is 0 Å². The third-order valence-corrected chi connectivity index (χ3v) is 4.46.